The number of carbonyl (C=O) groups is 2. The van der Waals surface area contributed by atoms with Gasteiger partial charge in [0.2, 0.25) is 0 Å². The lowest BCUT2D eigenvalue weighted by atomic mass is 9.56. The van der Waals surface area contributed by atoms with E-state index >= 15 is 8.78 Å². The molecule has 0 bridgehead atoms. The molecule has 0 unspecified atom stereocenters. The Morgan fingerprint density at radius 1 is 1.29 bits per heavy atom. The standard InChI is InChI=1S/C25H24F2N4O3/c1-14-19(21-15(2)34-23(33)24(21,22(32)31-29)13-25(14,26)27)10-9-18-8-7-17(12-30-18)20-6-4-3-5-16(20)11-28/h3-10,12,14-15,19,21H,13,29H2,1-2H3,(H,31,32)/t14-,15+,19-,21-,24+/m0/s1. The minimum Gasteiger partial charge on any atom is -0.461 e. The molecule has 0 spiro atoms. The summed E-state index contributed by atoms with van der Waals surface area (Å²) in [5, 5.41) is 9.31. The van der Waals surface area contributed by atoms with Gasteiger partial charge >= 0.3 is 5.97 Å². The number of hydrogen-bond donors (Lipinski definition) is 2. The Kier molecular flexibility index (Phi) is 5.96. The van der Waals surface area contributed by atoms with Crippen molar-refractivity contribution < 1.29 is 23.1 Å². The number of carbonyl (C=O) groups excluding carboxylic acids is 2. The Bertz CT molecular complexity index is 1180. The molecule has 2 heterocycles. The molecule has 5 atom stereocenters. The largest absolute Gasteiger partial charge is 0.461 e. The number of rotatable bonds is 4. The highest BCUT2D eigenvalue weighted by Gasteiger charge is 2.71. The zero-order valence-electron chi connectivity index (χ0n) is 18.7. The van der Waals surface area contributed by atoms with E-state index in [4.69, 9.17) is 10.6 Å². The van der Waals surface area contributed by atoms with Gasteiger partial charge in [-0.3, -0.25) is 20.0 Å². The molecule has 1 aromatic carbocycles. The van der Waals surface area contributed by atoms with Crippen LogP contribution >= 0.6 is 0 Å². The molecule has 1 aliphatic carbocycles. The van der Waals surface area contributed by atoms with Crippen LogP contribution < -0.4 is 11.3 Å². The maximum Gasteiger partial charge on any atom is 0.322 e. The number of nitrogens with two attached hydrogens (primary N) is 1. The highest BCUT2D eigenvalue weighted by molar-refractivity contribution is 6.04. The third-order valence-electron chi connectivity index (χ3n) is 7.08. The van der Waals surface area contributed by atoms with Gasteiger partial charge in [-0.15, -0.1) is 0 Å². The fourth-order valence-electron chi connectivity index (χ4n) is 5.29. The lowest BCUT2D eigenvalue weighted by molar-refractivity contribution is -0.178. The number of hydrazine groups is 1. The van der Waals surface area contributed by atoms with Crippen LogP contribution in [0.2, 0.25) is 0 Å². The van der Waals surface area contributed by atoms with E-state index in [0.29, 0.717) is 11.3 Å². The topological polar surface area (TPSA) is 118 Å². The monoisotopic (exact) mass is 466 g/mol. The molecule has 1 aliphatic heterocycles. The normalized spacial score (nSPS) is 29.8. The van der Waals surface area contributed by atoms with E-state index in [1.54, 1.807) is 49.5 Å². The molecule has 4 rings (SSSR count). The molecule has 1 aromatic heterocycles. The van der Waals surface area contributed by atoms with Crippen molar-refractivity contribution in [1.82, 2.24) is 10.4 Å². The van der Waals surface area contributed by atoms with Crippen LogP contribution in [0.4, 0.5) is 8.78 Å². The summed E-state index contributed by atoms with van der Waals surface area (Å²) < 4.78 is 35.4. The van der Waals surface area contributed by atoms with Gasteiger partial charge in [0.1, 0.15) is 6.10 Å². The lowest BCUT2D eigenvalue weighted by Gasteiger charge is -2.46. The number of aromatic nitrogens is 1. The lowest BCUT2D eigenvalue weighted by Crippen LogP contribution is -2.60. The minimum atomic E-state index is -3.29. The number of allylic oxidation sites excluding steroid dienone is 1. The first-order valence-corrected chi connectivity index (χ1v) is 10.9. The maximum atomic E-state index is 15.1. The molecule has 0 radical (unpaired) electrons. The van der Waals surface area contributed by atoms with E-state index in [0.717, 1.165) is 11.1 Å². The molecule has 9 heteroatoms. The number of alkyl halides is 2. The molecule has 3 N–H and O–H groups in total. The minimum absolute atomic E-state index is 0.506. The first kappa shape index (κ1) is 23.5. The average molecular weight is 466 g/mol. The second-order valence-electron chi connectivity index (χ2n) is 8.87. The van der Waals surface area contributed by atoms with Crippen LogP contribution in [0.3, 0.4) is 0 Å². The fourth-order valence-corrected chi connectivity index (χ4v) is 5.29. The van der Waals surface area contributed by atoms with Crippen LogP contribution in [0.5, 0.6) is 0 Å². The Morgan fingerprint density at radius 2 is 2.03 bits per heavy atom. The predicted octanol–water partition coefficient (Wildman–Crippen LogP) is 3.46. The summed E-state index contributed by atoms with van der Waals surface area (Å²) in [7, 11) is 0. The zero-order valence-corrected chi connectivity index (χ0v) is 18.7. The Balaban J connectivity index is 1.68. The van der Waals surface area contributed by atoms with Gasteiger partial charge in [0.05, 0.1) is 17.3 Å². The van der Waals surface area contributed by atoms with Crippen molar-refractivity contribution in [3.05, 3.63) is 59.9 Å². The van der Waals surface area contributed by atoms with Crippen molar-refractivity contribution >= 4 is 18.0 Å². The number of nitriles is 1. The summed E-state index contributed by atoms with van der Waals surface area (Å²) in [5.41, 5.74) is 2.34. The second-order valence-corrected chi connectivity index (χ2v) is 8.87. The predicted molar refractivity (Wildman–Crippen MR) is 119 cm³/mol. The molecule has 2 fully saturated rings. The average Bonchev–Trinajstić information content (AvgIpc) is 3.08. The summed E-state index contributed by atoms with van der Waals surface area (Å²) in [6.07, 6.45) is 3.09. The fraction of sp³-hybridized carbons (Fsp3) is 0.360. The Hall–Kier alpha value is -3.64. The van der Waals surface area contributed by atoms with E-state index in [1.165, 1.54) is 6.92 Å². The summed E-state index contributed by atoms with van der Waals surface area (Å²) in [5.74, 6) is -2.75. The number of benzene rings is 1. The van der Waals surface area contributed by atoms with E-state index in [9.17, 15) is 14.9 Å². The Morgan fingerprint density at radius 3 is 2.68 bits per heavy atom. The molecule has 1 saturated heterocycles. The van der Waals surface area contributed by atoms with Gasteiger partial charge in [-0.1, -0.05) is 37.3 Å². The summed E-state index contributed by atoms with van der Waals surface area (Å²) in [4.78, 5) is 29.7. The van der Waals surface area contributed by atoms with Gasteiger partial charge in [-0.25, -0.2) is 14.6 Å². The number of ether oxygens (including phenoxy) is 1. The van der Waals surface area contributed by atoms with Crippen LogP contribution in [0, 0.1) is 34.5 Å². The molecular weight excluding hydrogens is 442 g/mol. The summed E-state index contributed by atoms with van der Waals surface area (Å²) in [6, 6.07) is 12.8. The van der Waals surface area contributed by atoms with Gasteiger partial charge in [0.15, 0.2) is 5.41 Å². The van der Waals surface area contributed by atoms with Crippen LogP contribution in [0.25, 0.3) is 17.2 Å². The molecular formula is C25H24F2N4O3. The van der Waals surface area contributed by atoms with Gasteiger partial charge < -0.3 is 4.74 Å². The van der Waals surface area contributed by atoms with E-state index in [2.05, 4.69) is 11.1 Å². The van der Waals surface area contributed by atoms with Gasteiger partial charge in [0.25, 0.3) is 11.8 Å². The number of nitrogens with one attached hydrogen (secondary N) is 1. The Labute approximate surface area is 195 Å². The SMILES string of the molecule is C[C@H]1OC(=O)[C@]2(C(=O)NN)CC(F)(F)[C@@H](C)[C@H](C=Cc3ccc(-c4ccccc4C#N)cn3)[C@H]12. The first-order chi connectivity index (χ1) is 16.2. The summed E-state index contributed by atoms with van der Waals surface area (Å²) >= 11 is 0. The smallest absolute Gasteiger partial charge is 0.322 e. The third-order valence-corrected chi connectivity index (χ3v) is 7.08. The number of amides is 1. The number of esters is 1. The second kappa shape index (κ2) is 8.61. The van der Waals surface area contributed by atoms with Crippen LogP contribution in [-0.4, -0.2) is 28.9 Å². The molecule has 1 amide bonds. The highest BCUT2D eigenvalue weighted by Crippen LogP contribution is 2.59. The van der Waals surface area contributed by atoms with Crippen molar-refractivity contribution in [3.8, 4) is 17.2 Å². The molecule has 7 nitrogen and oxygen atoms in total. The van der Waals surface area contributed by atoms with Gasteiger partial charge in [0, 0.05) is 35.6 Å². The number of hydrogen-bond acceptors (Lipinski definition) is 6. The molecule has 1 saturated carbocycles. The van der Waals surface area contributed by atoms with E-state index in [1.807, 2.05) is 17.6 Å². The molecule has 2 aliphatic rings. The van der Waals surface area contributed by atoms with Crippen LogP contribution in [0.1, 0.15) is 31.5 Å². The van der Waals surface area contributed by atoms with Crippen LogP contribution in [0.15, 0.2) is 48.7 Å². The highest BCUT2D eigenvalue weighted by atomic mass is 19.3. The van der Waals surface area contributed by atoms with Crippen molar-refractivity contribution in [3.63, 3.8) is 0 Å². The maximum absolute atomic E-state index is 15.1. The molecule has 34 heavy (non-hydrogen) atoms. The third kappa shape index (κ3) is 3.64. The van der Waals surface area contributed by atoms with E-state index < -0.39 is 53.5 Å². The van der Waals surface area contributed by atoms with Gasteiger partial charge in [-0.2, -0.15) is 5.26 Å². The number of halogens is 2. The van der Waals surface area contributed by atoms with Crippen molar-refractivity contribution in [2.24, 2.45) is 29.0 Å². The van der Waals surface area contributed by atoms with E-state index in [-0.39, 0.29) is 0 Å². The van der Waals surface area contributed by atoms with Gasteiger partial charge in [-0.05, 0) is 31.1 Å². The van der Waals surface area contributed by atoms with Crippen molar-refractivity contribution in [2.75, 3.05) is 0 Å². The van der Waals surface area contributed by atoms with Crippen molar-refractivity contribution in [2.45, 2.75) is 32.3 Å². The number of cyclic esters (lactones) is 1. The zero-order chi connectivity index (χ0) is 24.7. The first-order valence-electron chi connectivity index (χ1n) is 10.9. The van der Waals surface area contributed by atoms with Crippen molar-refractivity contribution in [1.29, 1.82) is 5.26 Å². The number of fused-ring (bicyclic) bond motifs is 1. The molecule has 176 valence electrons. The summed E-state index contributed by atoms with van der Waals surface area (Å²) in [6.45, 7) is 3.01. The number of nitrogens with zero attached hydrogens (tertiary/aromatic N) is 2. The number of pyridine rings is 1. The quantitative estimate of drug-likeness (QED) is 0.234. The van der Waals surface area contributed by atoms with Crippen LogP contribution in [-0.2, 0) is 14.3 Å². The molecule has 2 aromatic rings.